The summed E-state index contributed by atoms with van der Waals surface area (Å²) in [4.78, 5) is 12.1. The first-order chi connectivity index (χ1) is 8.79. The van der Waals surface area contributed by atoms with Crippen LogP contribution in [0.5, 0.6) is 0 Å². The van der Waals surface area contributed by atoms with E-state index in [-0.39, 0.29) is 11.9 Å². The lowest BCUT2D eigenvalue weighted by Gasteiger charge is -2.24. The Kier molecular flexibility index (Phi) is 4.53. The third kappa shape index (κ3) is 3.20. The van der Waals surface area contributed by atoms with Crippen molar-refractivity contribution < 1.29 is 10.0 Å². The van der Waals surface area contributed by atoms with Gasteiger partial charge >= 0.3 is 0 Å². The van der Waals surface area contributed by atoms with Gasteiger partial charge in [0, 0.05) is 5.56 Å². The van der Waals surface area contributed by atoms with Crippen molar-refractivity contribution in [1.29, 1.82) is 0 Å². The van der Waals surface area contributed by atoms with Crippen molar-refractivity contribution in [3.05, 3.63) is 48.0 Å². The van der Waals surface area contributed by atoms with Crippen LogP contribution < -0.4 is 0 Å². The minimum atomic E-state index is -0.328. The lowest BCUT2D eigenvalue weighted by Crippen LogP contribution is -2.36. The van der Waals surface area contributed by atoms with Crippen LogP contribution in [0.2, 0.25) is 0 Å². The molecule has 1 aliphatic carbocycles. The maximum absolute atomic E-state index is 12.1. The predicted octanol–water partition coefficient (Wildman–Crippen LogP) is 3.41. The number of rotatable bonds is 2. The monoisotopic (exact) mass is 245 g/mol. The first-order valence-corrected chi connectivity index (χ1v) is 6.53. The molecule has 0 heterocycles. The summed E-state index contributed by atoms with van der Waals surface area (Å²) in [6, 6.07) is 8.70. The minimum Gasteiger partial charge on any atom is -0.285 e. The molecule has 1 aromatic rings. The molecule has 0 aliphatic heterocycles. The van der Waals surface area contributed by atoms with E-state index >= 15 is 0 Å². The molecule has 0 aromatic heterocycles. The maximum atomic E-state index is 12.1. The first kappa shape index (κ1) is 12.8. The topological polar surface area (TPSA) is 40.5 Å². The second kappa shape index (κ2) is 6.36. The molecule has 3 heteroatoms. The van der Waals surface area contributed by atoms with Gasteiger partial charge in [0.05, 0.1) is 6.04 Å². The highest BCUT2D eigenvalue weighted by molar-refractivity contribution is 5.93. The molecular weight excluding hydrogens is 226 g/mol. The van der Waals surface area contributed by atoms with Gasteiger partial charge in [-0.2, -0.15) is 0 Å². The SMILES string of the molecule is O=C(c1ccccc1)N(O)C1/C=C\CCCCC1. The van der Waals surface area contributed by atoms with Crippen LogP contribution in [0.4, 0.5) is 0 Å². The van der Waals surface area contributed by atoms with E-state index in [1.165, 1.54) is 6.42 Å². The molecule has 0 spiro atoms. The molecule has 0 bridgehead atoms. The number of carbonyl (C=O) groups excluding carboxylic acids is 1. The van der Waals surface area contributed by atoms with Crippen molar-refractivity contribution in [2.75, 3.05) is 0 Å². The average Bonchev–Trinajstić information content (AvgIpc) is 2.38. The summed E-state index contributed by atoms with van der Waals surface area (Å²) in [6.45, 7) is 0. The summed E-state index contributed by atoms with van der Waals surface area (Å²) in [5.74, 6) is -0.328. The number of amides is 1. The molecule has 2 rings (SSSR count). The molecule has 96 valence electrons. The van der Waals surface area contributed by atoms with Gasteiger partial charge in [0.2, 0.25) is 0 Å². The molecule has 0 saturated carbocycles. The van der Waals surface area contributed by atoms with Crippen LogP contribution in [-0.4, -0.2) is 22.2 Å². The lowest BCUT2D eigenvalue weighted by molar-refractivity contribution is -0.0789. The highest BCUT2D eigenvalue weighted by atomic mass is 16.5. The zero-order chi connectivity index (χ0) is 12.8. The van der Waals surface area contributed by atoms with Gasteiger partial charge in [0.15, 0.2) is 0 Å². The second-order valence-electron chi connectivity index (χ2n) is 4.65. The van der Waals surface area contributed by atoms with Crippen molar-refractivity contribution in [2.45, 2.75) is 38.1 Å². The first-order valence-electron chi connectivity index (χ1n) is 6.53. The molecule has 1 atom stereocenters. The van der Waals surface area contributed by atoms with Gasteiger partial charge in [-0.3, -0.25) is 10.0 Å². The third-order valence-electron chi connectivity index (χ3n) is 3.27. The fourth-order valence-corrected chi connectivity index (χ4v) is 2.21. The Hall–Kier alpha value is -1.61. The minimum absolute atomic E-state index is 0.196. The Labute approximate surface area is 108 Å². The smallest absolute Gasteiger partial charge is 0.277 e. The van der Waals surface area contributed by atoms with Crippen LogP contribution >= 0.6 is 0 Å². The van der Waals surface area contributed by atoms with Crippen molar-refractivity contribution in [3.63, 3.8) is 0 Å². The Bertz CT molecular complexity index is 414. The van der Waals surface area contributed by atoms with Gasteiger partial charge in [0.1, 0.15) is 0 Å². The Morgan fingerprint density at radius 3 is 2.72 bits per heavy atom. The van der Waals surface area contributed by atoms with Crippen LogP contribution in [0.1, 0.15) is 42.5 Å². The van der Waals surface area contributed by atoms with Crippen LogP contribution in [0, 0.1) is 0 Å². The van der Waals surface area contributed by atoms with E-state index in [2.05, 4.69) is 6.08 Å². The maximum Gasteiger partial charge on any atom is 0.277 e. The molecule has 0 radical (unpaired) electrons. The third-order valence-corrected chi connectivity index (χ3v) is 3.27. The van der Waals surface area contributed by atoms with Gasteiger partial charge in [-0.25, -0.2) is 5.06 Å². The lowest BCUT2D eigenvalue weighted by atomic mass is 10.0. The summed E-state index contributed by atoms with van der Waals surface area (Å²) in [5, 5.41) is 10.9. The molecule has 1 N–H and O–H groups in total. The van der Waals surface area contributed by atoms with Gasteiger partial charge in [-0.05, 0) is 31.4 Å². The van der Waals surface area contributed by atoms with E-state index in [0.717, 1.165) is 30.7 Å². The quantitative estimate of drug-likeness (QED) is 0.493. The van der Waals surface area contributed by atoms with Crippen LogP contribution in [-0.2, 0) is 0 Å². The molecule has 1 aromatic carbocycles. The van der Waals surface area contributed by atoms with E-state index < -0.39 is 0 Å². The number of nitrogens with zero attached hydrogens (tertiary/aromatic N) is 1. The standard InChI is InChI=1S/C15H19NO2/c17-15(13-9-5-4-6-10-13)16(18)14-11-7-2-1-3-8-12-14/h4-7,9-11,14,18H,1-3,8,12H2/b11-7-. The highest BCUT2D eigenvalue weighted by Crippen LogP contribution is 2.17. The zero-order valence-corrected chi connectivity index (χ0v) is 10.5. The fourth-order valence-electron chi connectivity index (χ4n) is 2.21. The number of allylic oxidation sites excluding steroid dienone is 1. The Morgan fingerprint density at radius 1 is 1.17 bits per heavy atom. The Balaban J connectivity index is 2.07. The van der Waals surface area contributed by atoms with E-state index in [1.807, 2.05) is 12.1 Å². The van der Waals surface area contributed by atoms with Gasteiger partial charge in [-0.1, -0.05) is 43.2 Å². The van der Waals surface area contributed by atoms with Gasteiger partial charge < -0.3 is 0 Å². The number of hydrogen-bond donors (Lipinski definition) is 1. The zero-order valence-electron chi connectivity index (χ0n) is 10.5. The van der Waals surface area contributed by atoms with Crippen molar-refractivity contribution in [3.8, 4) is 0 Å². The number of hydroxylamine groups is 2. The molecule has 0 saturated heterocycles. The largest absolute Gasteiger partial charge is 0.285 e. The average molecular weight is 245 g/mol. The van der Waals surface area contributed by atoms with E-state index in [4.69, 9.17) is 0 Å². The van der Waals surface area contributed by atoms with Gasteiger partial charge in [0.25, 0.3) is 5.91 Å². The molecule has 3 nitrogen and oxygen atoms in total. The Morgan fingerprint density at radius 2 is 1.94 bits per heavy atom. The summed E-state index contributed by atoms with van der Waals surface area (Å²) >= 11 is 0. The van der Waals surface area contributed by atoms with Crippen LogP contribution in [0.15, 0.2) is 42.5 Å². The summed E-state index contributed by atoms with van der Waals surface area (Å²) in [6.07, 6.45) is 9.27. The number of hydrogen-bond acceptors (Lipinski definition) is 2. The van der Waals surface area contributed by atoms with E-state index in [9.17, 15) is 10.0 Å². The predicted molar refractivity (Wildman–Crippen MR) is 70.4 cm³/mol. The fraction of sp³-hybridized carbons (Fsp3) is 0.400. The molecule has 18 heavy (non-hydrogen) atoms. The van der Waals surface area contributed by atoms with Crippen LogP contribution in [0.25, 0.3) is 0 Å². The second-order valence-corrected chi connectivity index (χ2v) is 4.65. The molecule has 0 fully saturated rings. The van der Waals surface area contributed by atoms with Crippen molar-refractivity contribution >= 4 is 5.91 Å². The van der Waals surface area contributed by atoms with Crippen molar-refractivity contribution in [2.24, 2.45) is 0 Å². The molecule has 1 amide bonds. The van der Waals surface area contributed by atoms with Crippen LogP contribution in [0.3, 0.4) is 0 Å². The highest BCUT2D eigenvalue weighted by Gasteiger charge is 2.21. The summed E-state index contributed by atoms with van der Waals surface area (Å²) in [5.41, 5.74) is 0.524. The molecule has 1 unspecified atom stereocenters. The number of carbonyl (C=O) groups is 1. The van der Waals surface area contributed by atoms with Crippen molar-refractivity contribution in [1.82, 2.24) is 5.06 Å². The van der Waals surface area contributed by atoms with E-state index in [1.54, 1.807) is 24.3 Å². The summed E-state index contributed by atoms with van der Waals surface area (Å²) < 4.78 is 0. The normalized spacial score (nSPS) is 21.7. The molecule has 1 aliphatic rings. The van der Waals surface area contributed by atoms with Gasteiger partial charge in [-0.15, -0.1) is 0 Å². The van der Waals surface area contributed by atoms with E-state index in [0.29, 0.717) is 5.56 Å². The number of benzene rings is 1. The summed E-state index contributed by atoms with van der Waals surface area (Å²) in [7, 11) is 0. The molecular formula is C15H19NO2.